The van der Waals surface area contributed by atoms with E-state index in [-0.39, 0.29) is 45.4 Å². The Morgan fingerprint density at radius 2 is 1.81 bits per heavy atom. The summed E-state index contributed by atoms with van der Waals surface area (Å²) in [5, 5.41) is 12.4. The van der Waals surface area contributed by atoms with Crippen LogP contribution in [0.25, 0.3) is 10.9 Å². The number of aromatic amines is 1. The summed E-state index contributed by atoms with van der Waals surface area (Å²) in [6.45, 7) is 1.58. The third-order valence-corrected chi connectivity index (χ3v) is 8.27. The first-order chi connectivity index (χ1) is 20.0. The molecule has 2 N–H and O–H groups in total. The van der Waals surface area contributed by atoms with E-state index in [9.17, 15) is 24.3 Å². The van der Waals surface area contributed by atoms with Gasteiger partial charge in [0.15, 0.2) is 17.3 Å². The number of hydrogen-bond donors (Lipinski definition) is 2. The lowest BCUT2D eigenvalue weighted by atomic mass is 9.69. The van der Waals surface area contributed by atoms with Gasteiger partial charge in [-0.05, 0) is 23.6 Å². The number of pyridine rings is 1. The van der Waals surface area contributed by atoms with Gasteiger partial charge in [-0.2, -0.15) is 0 Å². The minimum absolute atomic E-state index is 0.0120. The molecule has 5 rings (SSSR count). The molecule has 42 heavy (non-hydrogen) atoms. The zero-order chi connectivity index (χ0) is 30.5. The minimum atomic E-state index is -2.08. The molecule has 1 aliphatic heterocycles. The molecule has 2 aromatic carbocycles. The van der Waals surface area contributed by atoms with E-state index >= 15 is 0 Å². The number of nitrogens with one attached hydrogen (secondary N) is 1. The lowest BCUT2D eigenvalue weighted by Gasteiger charge is -2.38. The van der Waals surface area contributed by atoms with E-state index in [0.717, 1.165) is 0 Å². The maximum absolute atomic E-state index is 14.1. The number of aliphatic hydroxyl groups excluding tert-OH is 1. The van der Waals surface area contributed by atoms with Gasteiger partial charge < -0.3 is 33.8 Å². The predicted molar refractivity (Wildman–Crippen MR) is 151 cm³/mol. The van der Waals surface area contributed by atoms with Crippen molar-refractivity contribution in [3.63, 3.8) is 0 Å². The van der Waals surface area contributed by atoms with E-state index in [1.165, 1.54) is 40.6 Å². The molecule has 3 aromatic rings. The van der Waals surface area contributed by atoms with Gasteiger partial charge in [-0.1, -0.05) is 18.5 Å². The number of methoxy groups -OCH3 is 4. The molecule has 0 amide bonds. The van der Waals surface area contributed by atoms with E-state index in [2.05, 4.69) is 4.98 Å². The van der Waals surface area contributed by atoms with Crippen LogP contribution in [0.5, 0.6) is 23.0 Å². The molecule has 3 atom stereocenters. The highest BCUT2D eigenvalue weighted by molar-refractivity contribution is 6.35. The number of aromatic nitrogens is 1. The molecule has 220 valence electrons. The number of esters is 1. The summed E-state index contributed by atoms with van der Waals surface area (Å²) in [7, 11) is 5.39. The topological polar surface area (TPSA) is 150 Å². The summed E-state index contributed by atoms with van der Waals surface area (Å²) < 4.78 is 27.0. The molecule has 11 nitrogen and oxygen atoms in total. The molecule has 0 saturated heterocycles. The Labute approximate surface area is 244 Å². The second kappa shape index (κ2) is 10.7. The van der Waals surface area contributed by atoms with Gasteiger partial charge in [0, 0.05) is 41.5 Å². The number of allylic oxidation sites excluding steroid dienone is 1. The normalized spacial score (nSPS) is 20.4. The van der Waals surface area contributed by atoms with Crippen LogP contribution < -0.4 is 24.5 Å². The van der Waals surface area contributed by atoms with Crippen LogP contribution in [0.2, 0.25) is 5.02 Å². The van der Waals surface area contributed by atoms with Crippen LogP contribution >= 0.6 is 11.6 Å². The molecule has 1 aliphatic carbocycles. The number of carbonyl (C=O) groups is 3. The zero-order valence-electron chi connectivity index (χ0n) is 23.5. The van der Waals surface area contributed by atoms with Crippen molar-refractivity contribution in [3.8, 4) is 23.0 Å². The van der Waals surface area contributed by atoms with Crippen molar-refractivity contribution < 1.29 is 43.2 Å². The summed E-state index contributed by atoms with van der Waals surface area (Å²) in [5.41, 5.74) is -2.56. The van der Waals surface area contributed by atoms with Crippen molar-refractivity contribution in [1.82, 2.24) is 4.98 Å². The number of rotatable bonds is 7. The number of Topliss-reactive ketones (excluding diaryl/α,β-unsaturated/α-hetero) is 2. The van der Waals surface area contributed by atoms with Crippen molar-refractivity contribution in [2.45, 2.75) is 31.3 Å². The second-order valence-corrected chi connectivity index (χ2v) is 10.5. The van der Waals surface area contributed by atoms with Gasteiger partial charge in [-0.25, -0.2) is 0 Å². The lowest BCUT2D eigenvalue weighted by Crippen LogP contribution is -2.53. The Hall–Kier alpha value is -4.51. The molecular weight excluding hydrogens is 570 g/mol. The second-order valence-electron chi connectivity index (χ2n) is 10.1. The Bertz CT molecular complexity index is 1740. The molecule has 2 aliphatic rings. The first kappa shape index (κ1) is 29.0. The van der Waals surface area contributed by atoms with Crippen molar-refractivity contribution in [2.24, 2.45) is 5.92 Å². The third kappa shape index (κ3) is 4.27. The van der Waals surface area contributed by atoms with E-state index in [1.54, 1.807) is 25.1 Å². The van der Waals surface area contributed by atoms with Gasteiger partial charge in [0.25, 0.3) is 5.56 Å². The smallest absolute Gasteiger partial charge is 0.306 e. The average molecular weight is 598 g/mol. The fourth-order valence-corrected chi connectivity index (χ4v) is 6.00. The van der Waals surface area contributed by atoms with Gasteiger partial charge in [-0.3, -0.25) is 19.2 Å². The highest BCUT2D eigenvalue weighted by Crippen LogP contribution is 2.55. The summed E-state index contributed by atoms with van der Waals surface area (Å²) in [5.74, 6) is -4.15. The maximum Gasteiger partial charge on any atom is 0.306 e. The van der Waals surface area contributed by atoms with Crippen molar-refractivity contribution in [3.05, 3.63) is 68.2 Å². The van der Waals surface area contributed by atoms with Crippen molar-refractivity contribution >= 4 is 40.0 Å². The highest BCUT2D eigenvalue weighted by Gasteiger charge is 2.61. The van der Waals surface area contributed by atoms with Crippen LogP contribution in [0.15, 0.2) is 46.5 Å². The number of ether oxygens (including phenoxy) is 5. The Morgan fingerprint density at radius 1 is 1.10 bits per heavy atom. The molecule has 1 spiro atoms. The average Bonchev–Trinajstić information content (AvgIpc) is 3.29. The largest absolute Gasteiger partial charge is 0.507 e. The highest BCUT2D eigenvalue weighted by atomic mass is 35.5. The van der Waals surface area contributed by atoms with Crippen molar-refractivity contribution in [2.75, 3.05) is 28.4 Å². The minimum Gasteiger partial charge on any atom is -0.507 e. The number of carbonyl (C=O) groups excluding carboxylic acids is 3. The number of benzene rings is 2. The van der Waals surface area contributed by atoms with Crippen LogP contribution in [0.4, 0.5) is 0 Å². The molecule has 0 saturated carbocycles. The van der Waals surface area contributed by atoms with Gasteiger partial charge in [0.2, 0.25) is 11.4 Å². The molecule has 2 heterocycles. The predicted octanol–water partition coefficient (Wildman–Crippen LogP) is 4.29. The van der Waals surface area contributed by atoms with Gasteiger partial charge in [-0.15, -0.1) is 0 Å². The quantitative estimate of drug-likeness (QED) is 0.377. The Balaban J connectivity index is 1.75. The summed E-state index contributed by atoms with van der Waals surface area (Å²) in [4.78, 5) is 56.5. The standard InChI is InChI=1S/C30H28ClNO10/c1-13-8-19(33)23(27(35)30(13)28(36)24-20(39-3)12-21(40-4)25(31)26(24)42-30)16(11-22(34)41-5)17-9-14-6-7-15(38-2)10-18(14)32-29(17)37/h6-7,9-10,12-13,16,35H,8,11H2,1-5H3,(H,32,37)/t13-,16?,30+/m1/s1. The maximum atomic E-state index is 14.1. The zero-order valence-corrected chi connectivity index (χ0v) is 24.2. The summed E-state index contributed by atoms with van der Waals surface area (Å²) in [6.07, 6.45) is -0.716. The molecule has 1 aromatic heterocycles. The van der Waals surface area contributed by atoms with Gasteiger partial charge in [0.05, 0.1) is 40.4 Å². The van der Waals surface area contributed by atoms with Crippen molar-refractivity contribution in [1.29, 1.82) is 0 Å². The summed E-state index contributed by atoms with van der Waals surface area (Å²) in [6, 6.07) is 7.96. The van der Waals surface area contributed by atoms with E-state index < -0.39 is 52.7 Å². The van der Waals surface area contributed by atoms with E-state index in [1.807, 2.05) is 0 Å². The summed E-state index contributed by atoms with van der Waals surface area (Å²) >= 11 is 6.52. The molecule has 1 unspecified atom stereocenters. The molecular formula is C30H28ClNO10. The first-order valence-corrected chi connectivity index (χ1v) is 13.3. The number of aliphatic hydroxyl groups is 1. The Kier molecular flexibility index (Phi) is 7.40. The van der Waals surface area contributed by atoms with Gasteiger partial charge in [0.1, 0.15) is 27.8 Å². The number of ketones is 2. The molecule has 0 radical (unpaired) electrons. The fourth-order valence-electron chi connectivity index (χ4n) is 5.74. The van der Waals surface area contributed by atoms with Crippen LogP contribution in [0.1, 0.15) is 41.6 Å². The lowest BCUT2D eigenvalue weighted by molar-refractivity contribution is -0.140. The molecule has 0 bridgehead atoms. The van der Waals surface area contributed by atoms with Crippen LogP contribution in [0.3, 0.4) is 0 Å². The number of H-pyrrole nitrogens is 1. The van der Waals surface area contributed by atoms with Gasteiger partial charge >= 0.3 is 5.97 Å². The third-order valence-electron chi connectivity index (χ3n) is 7.92. The number of hydrogen-bond acceptors (Lipinski definition) is 10. The first-order valence-electron chi connectivity index (χ1n) is 12.9. The Morgan fingerprint density at radius 3 is 2.45 bits per heavy atom. The van der Waals surface area contributed by atoms with Crippen LogP contribution in [0, 0.1) is 5.92 Å². The van der Waals surface area contributed by atoms with Crippen LogP contribution in [-0.2, 0) is 14.3 Å². The molecule has 12 heteroatoms. The van der Waals surface area contributed by atoms with E-state index in [0.29, 0.717) is 16.7 Å². The monoisotopic (exact) mass is 597 g/mol. The van der Waals surface area contributed by atoms with E-state index in [4.69, 9.17) is 35.3 Å². The van der Waals surface area contributed by atoms with Crippen LogP contribution in [-0.4, -0.2) is 61.7 Å². The SMILES string of the molecule is COC(=O)CC(C1=C(O)[C@@]2(Oc3c(Cl)c(OC)cc(OC)c3C2=O)[C@H](C)CC1=O)c1cc2ccc(OC)cc2[nH]c1=O. The fraction of sp³-hybridized carbons (Fsp3) is 0.333. The number of fused-ring (bicyclic) bond motifs is 2. The molecule has 0 fully saturated rings. The number of halogens is 1.